The number of thiol groups is 1. The summed E-state index contributed by atoms with van der Waals surface area (Å²) in [5, 5.41) is 0. The molecule has 0 rings (SSSR count). The first-order chi connectivity index (χ1) is 4.31. The number of hydrogen-bond acceptors (Lipinski definition) is 4. The number of rotatable bonds is 4. The molecule has 0 unspecified atom stereocenters. The molecular weight excluding hydrogens is 140 g/mol. The van der Waals surface area contributed by atoms with Crippen LogP contribution in [0.5, 0.6) is 0 Å². The molecule has 3 nitrogen and oxygen atoms in total. The van der Waals surface area contributed by atoms with Gasteiger partial charge in [0.15, 0.2) is 6.79 Å². The second kappa shape index (κ2) is 5.91. The zero-order valence-electron chi connectivity index (χ0n) is 5.29. The fourth-order valence-electron chi connectivity index (χ4n) is 0.288. The lowest BCUT2D eigenvalue weighted by Crippen LogP contribution is -2.06. The fourth-order valence-corrected chi connectivity index (χ4v) is 0.471. The normalized spacial score (nSPS) is 9.11. The van der Waals surface area contributed by atoms with Gasteiger partial charge in [-0.05, 0) is 0 Å². The second-order valence-electron chi connectivity index (χ2n) is 1.40. The molecule has 0 radical (unpaired) electrons. The maximum Gasteiger partial charge on any atom is 0.308 e. The lowest BCUT2D eigenvalue weighted by atomic mass is 10.5. The molecule has 4 heteroatoms. The Kier molecular flexibility index (Phi) is 5.76. The van der Waals surface area contributed by atoms with Crippen LogP contribution >= 0.6 is 12.6 Å². The molecule has 0 aliphatic rings. The summed E-state index contributed by atoms with van der Waals surface area (Å²) in [6, 6.07) is 0. The smallest absolute Gasteiger partial charge is 0.308 e. The summed E-state index contributed by atoms with van der Waals surface area (Å²) in [5.41, 5.74) is 0. The van der Waals surface area contributed by atoms with Crippen LogP contribution in [0.4, 0.5) is 0 Å². The molecule has 0 saturated carbocycles. The van der Waals surface area contributed by atoms with E-state index in [9.17, 15) is 4.79 Å². The highest BCUT2D eigenvalue weighted by atomic mass is 32.1. The van der Waals surface area contributed by atoms with Gasteiger partial charge < -0.3 is 9.47 Å². The molecule has 9 heavy (non-hydrogen) atoms. The third-order valence-electron chi connectivity index (χ3n) is 0.654. The zero-order chi connectivity index (χ0) is 7.11. The van der Waals surface area contributed by atoms with E-state index < -0.39 is 0 Å². The summed E-state index contributed by atoms with van der Waals surface area (Å²) >= 11 is 3.84. The second-order valence-corrected chi connectivity index (χ2v) is 1.84. The molecule has 0 saturated heterocycles. The highest BCUT2D eigenvalue weighted by Gasteiger charge is 1.97. The summed E-state index contributed by atoms with van der Waals surface area (Å²) in [5.74, 6) is 0.245. The van der Waals surface area contributed by atoms with Crippen molar-refractivity contribution in [3.63, 3.8) is 0 Å². The molecule has 0 aromatic rings. The Bertz CT molecular complexity index is 84.3. The number of ether oxygens (including phenoxy) is 2. The Morgan fingerprint density at radius 2 is 2.33 bits per heavy atom. The van der Waals surface area contributed by atoms with Crippen LogP contribution in [0.15, 0.2) is 0 Å². The minimum absolute atomic E-state index is 0.0343. The van der Waals surface area contributed by atoms with Crippen molar-refractivity contribution in [1.82, 2.24) is 0 Å². The molecule has 54 valence electrons. The van der Waals surface area contributed by atoms with Gasteiger partial charge in [-0.1, -0.05) is 0 Å². The van der Waals surface area contributed by atoms with Crippen molar-refractivity contribution in [3.05, 3.63) is 0 Å². The maximum absolute atomic E-state index is 10.5. The number of methoxy groups -OCH3 is 1. The topological polar surface area (TPSA) is 35.5 Å². The van der Waals surface area contributed by atoms with Crippen molar-refractivity contribution in [3.8, 4) is 0 Å². The third kappa shape index (κ3) is 5.65. The summed E-state index contributed by atoms with van der Waals surface area (Å²) < 4.78 is 9.01. The van der Waals surface area contributed by atoms with Gasteiger partial charge in [-0.25, -0.2) is 0 Å². The van der Waals surface area contributed by atoms with Crippen LogP contribution in [-0.2, 0) is 14.3 Å². The molecule has 0 atom stereocenters. The monoisotopic (exact) mass is 150 g/mol. The summed E-state index contributed by atoms with van der Waals surface area (Å²) in [6.07, 6.45) is 0.340. The average molecular weight is 150 g/mol. The van der Waals surface area contributed by atoms with E-state index in [-0.39, 0.29) is 12.8 Å². The van der Waals surface area contributed by atoms with Crippen molar-refractivity contribution in [1.29, 1.82) is 0 Å². The van der Waals surface area contributed by atoms with E-state index in [1.807, 2.05) is 0 Å². The minimum Gasteiger partial charge on any atom is -0.438 e. The Morgan fingerprint density at radius 1 is 1.67 bits per heavy atom. The van der Waals surface area contributed by atoms with E-state index in [4.69, 9.17) is 0 Å². The minimum atomic E-state index is -0.271. The fraction of sp³-hybridized carbons (Fsp3) is 0.800. The highest BCUT2D eigenvalue weighted by molar-refractivity contribution is 7.80. The first-order valence-electron chi connectivity index (χ1n) is 2.56. The van der Waals surface area contributed by atoms with Crippen LogP contribution in [0.3, 0.4) is 0 Å². The van der Waals surface area contributed by atoms with Crippen LogP contribution in [-0.4, -0.2) is 25.6 Å². The largest absolute Gasteiger partial charge is 0.438 e. The molecule has 0 N–H and O–H groups in total. The Labute approximate surface area is 59.7 Å². The van der Waals surface area contributed by atoms with Crippen molar-refractivity contribution >= 4 is 18.6 Å². The van der Waals surface area contributed by atoms with Gasteiger partial charge in [0.2, 0.25) is 0 Å². The lowest BCUT2D eigenvalue weighted by Gasteiger charge is -1.99. The van der Waals surface area contributed by atoms with E-state index in [1.165, 1.54) is 7.11 Å². The van der Waals surface area contributed by atoms with Gasteiger partial charge in [0.25, 0.3) is 0 Å². The van der Waals surface area contributed by atoms with Crippen LogP contribution in [0.25, 0.3) is 0 Å². The summed E-state index contributed by atoms with van der Waals surface area (Å²) in [4.78, 5) is 10.5. The standard InChI is InChI=1S/C5H10O3S/c1-7-4-8-5(6)2-3-9/h9H,2-4H2,1H3. The van der Waals surface area contributed by atoms with Gasteiger partial charge in [-0.3, -0.25) is 4.79 Å². The summed E-state index contributed by atoms with van der Waals surface area (Å²) in [7, 11) is 1.47. The maximum atomic E-state index is 10.5. The Hall–Kier alpha value is -0.220. The van der Waals surface area contributed by atoms with Gasteiger partial charge in [0, 0.05) is 12.9 Å². The molecule has 0 aromatic carbocycles. The molecule has 0 aromatic heterocycles. The predicted molar refractivity (Wildman–Crippen MR) is 36.4 cm³/mol. The van der Waals surface area contributed by atoms with Gasteiger partial charge in [-0.15, -0.1) is 0 Å². The van der Waals surface area contributed by atoms with E-state index in [0.717, 1.165) is 0 Å². The van der Waals surface area contributed by atoms with E-state index in [1.54, 1.807) is 0 Å². The lowest BCUT2D eigenvalue weighted by molar-refractivity contribution is -0.153. The molecular formula is C5H10O3S. The molecule has 0 bridgehead atoms. The van der Waals surface area contributed by atoms with Crippen LogP contribution in [0, 0.1) is 0 Å². The van der Waals surface area contributed by atoms with E-state index in [2.05, 4.69) is 22.1 Å². The van der Waals surface area contributed by atoms with Crippen LogP contribution in [0.1, 0.15) is 6.42 Å². The van der Waals surface area contributed by atoms with E-state index in [0.29, 0.717) is 12.2 Å². The third-order valence-corrected chi connectivity index (χ3v) is 0.877. The highest BCUT2D eigenvalue weighted by Crippen LogP contribution is 1.87. The SMILES string of the molecule is COCOC(=O)CCS. The van der Waals surface area contributed by atoms with Crippen LogP contribution in [0.2, 0.25) is 0 Å². The van der Waals surface area contributed by atoms with Gasteiger partial charge >= 0.3 is 5.97 Å². The molecule has 0 heterocycles. The van der Waals surface area contributed by atoms with Gasteiger partial charge in [0.05, 0.1) is 6.42 Å². The first kappa shape index (κ1) is 8.78. The first-order valence-corrected chi connectivity index (χ1v) is 3.20. The molecule has 0 aliphatic carbocycles. The summed E-state index contributed by atoms with van der Waals surface area (Å²) in [6.45, 7) is 0.0343. The number of hydrogen-bond donors (Lipinski definition) is 1. The number of esters is 1. The van der Waals surface area contributed by atoms with Crippen molar-refractivity contribution in [2.24, 2.45) is 0 Å². The zero-order valence-corrected chi connectivity index (χ0v) is 6.19. The Balaban J connectivity index is 3.06. The Morgan fingerprint density at radius 3 is 2.78 bits per heavy atom. The van der Waals surface area contributed by atoms with E-state index >= 15 is 0 Å². The van der Waals surface area contributed by atoms with Crippen molar-refractivity contribution in [2.75, 3.05) is 19.7 Å². The van der Waals surface area contributed by atoms with Gasteiger partial charge in [-0.2, -0.15) is 12.6 Å². The van der Waals surface area contributed by atoms with Crippen molar-refractivity contribution < 1.29 is 14.3 Å². The van der Waals surface area contributed by atoms with Gasteiger partial charge in [0.1, 0.15) is 0 Å². The van der Waals surface area contributed by atoms with Crippen molar-refractivity contribution in [2.45, 2.75) is 6.42 Å². The predicted octanol–water partition coefficient (Wildman–Crippen LogP) is 0.453. The molecule has 0 spiro atoms. The van der Waals surface area contributed by atoms with Crippen LogP contribution < -0.4 is 0 Å². The molecule has 0 fully saturated rings. The quantitative estimate of drug-likeness (QED) is 0.359. The number of carbonyl (C=O) groups excluding carboxylic acids is 1. The average Bonchev–Trinajstić information content (AvgIpc) is 1.85. The molecule has 0 amide bonds. The number of carbonyl (C=O) groups is 1. The molecule has 0 aliphatic heterocycles.